The second kappa shape index (κ2) is 7.35. The molecule has 2 fully saturated rings. The Balaban J connectivity index is 1.48. The maximum Gasteiger partial charge on any atom is 0.270 e. The average Bonchev–Trinajstić information content (AvgIpc) is 3.23. The minimum Gasteiger partial charge on any atom is -0.368 e. The van der Waals surface area contributed by atoms with E-state index in [1.54, 1.807) is 0 Å². The molecule has 6 heteroatoms. The summed E-state index contributed by atoms with van der Waals surface area (Å²) in [5, 5.41) is 1.10. The van der Waals surface area contributed by atoms with Crippen molar-refractivity contribution in [2.45, 2.75) is 39.2 Å². The number of benzene rings is 1. The van der Waals surface area contributed by atoms with Crippen molar-refractivity contribution >= 4 is 22.7 Å². The number of nitrogens with zero attached hydrogens (tertiary/aromatic N) is 2. The molecule has 0 aliphatic carbocycles. The van der Waals surface area contributed by atoms with Gasteiger partial charge in [0.15, 0.2) is 0 Å². The number of carbonyl (C=O) groups is 2. The number of aromatic amines is 1. The van der Waals surface area contributed by atoms with Crippen LogP contribution in [0.1, 0.15) is 40.9 Å². The summed E-state index contributed by atoms with van der Waals surface area (Å²) in [6.45, 7) is 7.22. The van der Waals surface area contributed by atoms with Crippen LogP contribution in [0.15, 0.2) is 18.2 Å². The highest BCUT2D eigenvalue weighted by Crippen LogP contribution is 2.24. The van der Waals surface area contributed by atoms with Crippen LogP contribution in [-0.4, -0.2) is 65.5 Å². The first-order chi connectivity index (χ1) is 13.0. The third-order valence-corrected chi connectivity index (χ3v) is 5.73. The molecule has 3 heterocycles. The van der Waals surface area contributed by atoms with Crippen molar-refractivity contribution < 1.29 is 14.3 Å². The zero-order valence-corrected chi connectivity index (χ0v) is 16.1. The van der Waals surface area contributed by atoms with Gasteiger partial charge in [0.2, 0.25) is 0 Å². The van der Waals surface area contributed by atoms with Crippen LogP contribution in [0.2, 0.25) is 0 Å². The van der Waals surface area contributed by atoms with Crippen LogP contribution in [0.4, 0.5) is 0 Å². The van der Waals surface area contributed by atoms with E-state index in [2.05, 4.69) is 18.0 Å². The monoisotopic (exact) mass is 369 g/mol. The summed E-state index contributed by atoms with van der Waals surface area (Å²) in [6.07, 6.45) is 2.27. The molecule has 27 heavy (non-hydrogen) atoms. The van der Waals surface area contributed by atoms with Gasteiger partial charge in [0.05, 0.1) is 0 Å². The molecule has 0 radical (unpaired) electrons. The summed E-state index contributed by atoms with van der Waals surface area (Å²) in [5.74, 6) is 0.104. The molecule has 1 N–H and O–H groups in total. The Hall–Kier alpha value is -2.34. The van der Waals surface area contributed by atoms with Crippen molar-refractivity contribution in [3.63, 3.8) is 0 Å². The fraction of sp³-hybridized carbons (Fsp3) is 0.524. The van der Waals surface area contributed by atoms with Crippen LogP contribution in [0.25, 0.3) is 10.9 Å². The fourth-order valence-electron chi connectivity index (χ4n) is 4.13. The van der Waals surface area contributed by atoms with Gasteiger partial charge in [-0.2, -0.15) is 0 Å². The van der Waals surface area contributed by atoms with E-state index in [0.717, 1.165) is 35.7 Å². The Morgan fingerprint density at radius 2 is 1.85 bits per heavy atom. The molecule has 0 unspecified atom stereocenters. The summed E-state index contributed by atoms with van der Waals surface area (Å²) in [6, 6.07) is 6.19. The topological polar surface area (TPSA) is 65.6 Å². The molecule has 0 saturated carbocycles. The number of fused-ring (bicyclic) bond motifs is 1. The number of nitrogens with one attached hydrogen (secondary N) is 1. The number of ether oxygens (including phenoxy) is 1. The van der Waals surface area contributed by atoms with E-state index in [9.17, 15) is 9.59 Å². The van der Waals surface area contributed by atoms with Crippen molar-refractivity contribution in [3.8, 4) is 0 Å². The van der Waals surface area contributed by atoms with Crippen molar-refractivity contribution in [3.05, 3.63) is 35.0 Å². The van der Waals surface area contributed by atoms with E-state index in [1.807, 2.05) is 28.9 Å². The van der Waals surface area contributed by atoms with Gasteiger partial charge in [-0.1, -0.05) is 11.6 Å². The van der Waals surface area contributed by atoms with Gasteiger partial charge in [0.25, 0.3) is 11.8 Å². The first-order valence-electron chi connectivity index (χ1n) is 9.83. The molecular formula is C21H27N3O3. The minimum absolute atomic E-state index is 0.0211. The smallest absolute Gasteiger partial charge is 0.270 e. The lowest BCUT2D eigenvalue weighted by Crippen LogP contribution is -2.42. The van der Waals surface area contributed by atoms with Crippen molar-refractivity contribution in [1.82, 2.24) is 14.8 Å². The molecule has 0 spiro atoms. The molecular weight excluding hydrogens is 342 g/mol. The molecule has 1 aromatic carbocycles. The Bertz CT molecular complexity index is 867. The highest BCUT2D eigenvalue weighted by molar-refractivity contribution is 6.01. The summed E-state index contributed by atoms with van der Waals surface area (Å²) in [7, 11) is 0. The van der Waals surface area contributed by atoms with Crippen LogP contribution < -0.4 is 0 Å². The van der Waals surface area contributed by atoms with E-state index in [-0.39, 0.29) is 17.9 Å². The number of amides is 2. The molecule has 2 saturated heterocycles. The lowest BCUT2D eigenvalue weighted by Gasteiger charge is -2.24. The van der Waals surface area contributed by atoms with E-state index >= 15 is 0 Å². The van der Waals surface area contributed by atoms with Crippen molar-refractivity contribution in [2.75, 3.05) is 32.8 Å². The van der Waals surface area contributed by atoms with Crippen LogP contribution in [0.5, 0.6) is 0 Å². The standard InChI is InChI=1S/C21H27N3O3/c1-14-6-7-17-16(13-14)15(2)19(22-17)21(26)24-9-4-8-23(10-11-24)20(25)18-5-3-12-27-18/h6-7,13,18,22H,3-5,8-12H2,1-2H3/t18-/m1/s1. The summed E-state index contributed by atoms with van der Waals surface area (Å²) < 4.78 is 5.53. The predicted molar refractivity (Wildman–Crippen MR) is 104 cm³/mol. The largest absolute Gasteiger partial charge is 0.368 e. The molecule has 2 aliphatic rings. The van der Waals surface area contributed by atoms with Crippen LogP contribution in [-0.2, 0) is 9.53 Å². The van der Waals surface area contributed by atoms with Gasteiger partial charge in [-0.25, -0.2) is 0 Å². The molecule has 4 rings (SSSR count). The van der Waals surface area contributed by atoms with Gasteiger partial charge in [0.1, 0.15) is 11.8 Å². The molecule has 2 amide bonds. The summed E-state index contributed by atoms with van der Waals surface area (Å²) in [5.41, 5.74) is 3.83. The van der Waals surface area contributed by atoms with Gasteiger partial charge in [-0.05, 0) is 50.8 Å². The zero-order valence-electron chi connectivity index (χ0n) is 16.1. The van der Waals surface area contributed by atoms with E-state index in [1.165, 1.54) is 5.56 Å². The number of carbonyl (C=O) groups excluding carboxylic acids is 2. The molecule has 2 aliphatic heterocycles. The van der Waals surface area contributed by atoms with Crippen molar-refractivity contribution in [1.29, 1.82) is 0 Å². The Morgan fingerprint density at radius 1 is 1.07 bits per heavy atom. The average molecular weight is 369 g/mol. The predicted octanol–water partition coefficient (Wildman–Crippen LogP) is 2.64. The fourth-order valence-corrected chi connectivity index (χ4v) is 4.13. The molecule has 144 valence electrons. The first-order valence-corrected chi connectivity index (χ1v) is 9.83. The van der Waals surface area contributed by atoms with Crippen molar-refractivity contribution in [2.24, 2.45) is 0 Å². The van der Waals surface area contributed by atoms with E-state index in [4.69, 9.17) is 4.74 Å². The summed E-state index contributed by atoms with van der Waals surface area (Å²) in [4.78, 5) is 32.8. The van der Waals surface area contributed by atoms with E-state index < -0.39 is 0 Å². The molecule has 0 bridgehead atoms. The number of H-pyrrole nitrogens is 1. The van der Waals surface area contributed by atoms with Gasteiger partial charge in [0, 0.05) is 43.7 Å². The number of aromatic nitrogens is 1. The molecule has 6 nitrogen and oxygen atoms in total. The Morgan fingerprint density at radius 3 is 2.63 bits per heavy atom. The quantitative estimate of drug-likeness (QED) is 0.885. The van der Waals surface area contributed by atoms with Crippen LogP contribution in [0, 0.1) is 13.8 Å². The first kappa shape index (κ1) is 18.0. The van der Waals surface area contributed by atoms with Gasteiger partial charge in [-0.15, -0.1) is 0 Å². The second-order valence-electron chi connectivity index (χ2n) is 7.65. The Labute approximate surface area is 159 Å². The van der Waals surface area contributed by atoms with Gasteiger partial charge in [-0.3, -0.25) is 9.59 Å². The third-order valence-electron chi connectivity index (χ3n) is 5.73. The SMILES string of the molecule is Cc1ccc2[nH]c(C(=O)N3CCCN(C(=O)[C@H]4CCCO4)CC3)c(C)c2c1. The van der Waals surface area contributed by atoms with Crippen LogP contribution in [0.3, 0.4) is 0 Å². The normalized spacial score (nSPS) is 20.9. The summed E-state index contributed by atoms with van der Waals surface area (Å²) >= 11 is 0. The lowest BCUT2D eigenvalue weighted by atomic mass is 10.1. The number of hydrogen-bond donors (Lipinski definition) is 1. The van der Waals surface area contributed by atoms with Crippen LogP contribution >= 0.6 is 0 Å². The Kier molecular flexibility index (Phi) is 4.91. The third kappa shape index (κ3) is 3.46. The minimum atomic E-state index is -0.286. The van der Waals surface area contributed by atoms with E-state index in [0.29, 0.717) is 38.5 Å². The number of aryl methyl sites for hydroxylation is 2. The highest BCUT2D eigenvalue weighted by Gasteiger charge is 2.30. The number of hydrogen-bond acceptors (Lipinski definition) is 3. The maximum atomic E-state index is 13.1. The zero-order chi connectivity index (χ0) is 19.0. The molecule has 1 atom stereocenters. The maximum absolute atomic E-state index is 13.1. The highest BCUT2D eigenvalue weighted by atomic mass is 16.5. The second-order valence-corrected chi connectivity index (χ2v) is 7.65. The molecule has 1 aromatic heterocycles. The lowest BCUT2D eigenvalue weighted by molar-refractivity contribution is -0.140. The van der Waals surface area contributed by atoms with Gasteiger partial charge < -0.3 is 19.5 Å². The molecule has 2 aromatic rings. The van der Waals surface area contributed by atoms with Gasteiger partial charge >= 0.3 is 0 Å². The number of rotatable bonds is 2.